The highest BCUT2D eigenvalue weighted by Crippen LogP contribution is 2.25. The maximum absolute atomic E-state index is 12.9. The van der Waals surface area contributed by atoms with Gasteiger partial charge in [-0.2, -0.15) is 4.31 Å². The van der Waals surface area contributed by atoms with E-state index in [2.05, 4.69) is 0 Å². The van der Waals surface area contributed by atoms with E-state index in [1.165, 1.54) is 4.31 Å². The Bertz CT molecular complexity index is 645. The van der Waals surface area contributed by atoms with E-state index in [0.29, 0.717) is 18.7 Å². The number of nitrogens with zero attached hydrogens (tertiary/aromatic N) is 2. The molecule has 2 aliphatic rings. The third kappa shape index (κ3) is 2.90. The first kappa shape index (κ1) is 15.5. The number of piperidine rings is 1. The second kappa shape index (κ2) is 6.38. The van der Waals surface area contributed by atoms with E-state index in [1.807, 2.05) is 0 Å². The second-order valence-corrected chi connectivity index (χ2v) is 7.87. The maximum atomic E-state index is 12.9. The molecule has 0 bridgehead atoms. The standard InChI is InChI=1S/C16H22N2O3S/c19-16(17-10-6-7-11-17)14-8-2-3-9-15(14)22(20,21)18-12-4-1-5-13-18/h2-3,8-9H,1,4-7,10-13H2. The topological polar surface area (TPSA) is 57.7 Å². The van der Waals surface area contributed by atoms with Crippen LogP contribution in [0.5, 0.6) is 0 Å². The van der Waals surface area contributed by atoms with Gasteiger partial charge in [0.15, 0.2) is 0 Å². The molecule has 0 radical (unpaired) electrons. The Morgan fingerprint density at radius 1 is 0.864 bits per heavy atom. The van der Waals surface area contributed by atoms with Gasteiger partial charge in [-0.3, -0.25) is 4.79 Å². The van der Waals surface area contributed by atoms with Crippen LogP contribution in [-0.2, 0) is 10.0 Å². The minimum absolute atomic E-state index is 0.159. The molecule has 5 nitrogen and oxygen atoms in total. The van der Waals surface area contributed by atoms with Gasteiger partial charge in [-0.1, -0.05) is 18.6 Å². The summed E-state index contributed by atoms with van der Waals surface area (Å²) in [4.78, 5) is 14.6. The molecule has 0 aromatic heterocycles. The summed E-state index contributed by atoms with van der Waals surface area (Å²) in [5.41, 5.74) is 0.315. The fourth-order valence-electron chi connectivity index (χ4n) is 3.20. The van der Waals surface area contributed by atoms with Crippen LogP contribution in [0, 0.1) is 0 Å². The maximum Gasteiger partial charge on any atom is 0.255 e. The van der Waals surface area contributed by atoms with Crippen molar-refractivity contribution in [3.8, 4) is 0 Å². The third-order valence-corrected chi connectivity index (χ3v) is 6.40. The second-order valence-electron chi connectivity index (χ2n) is 5.96. The van der Waals surface area contributed by atoms with Crippen molar-refractivity contribution in [1.29, 1.82) is 0 Å². The van der Waals surface area contributed by atoms with E-state index < -0.39 is 10.0 Å². The van der Waals surface area contributed by atoms with Gasteiger partial charge in [0.1, 0.15) is 0 Å². The molecule has 2 aliphatic heterocycles. The molecule has 1 aromatic rings. The molecule has 1 amide bonds. The lowest BCUT2D eigenvalue weighted by Crippen LogP contribution is -2.37. The van der Waals surface area contributed by atoms with Crippen molar-refractivity contribution >= 4 is 15.9 Å². The number of rotatable bonds is 3. The predicted octanol–water partition coefficient (Wildman–Crippen LogP) is 2.10. The Kier molecular flexibility index (Phi) is 4.49. The largest absolute Gasteiger partial charge is 0.339 e. The van der Waals surface area contributed by atoms with Crippen LogP contribution in [-0.4, -0.2) is 49.7 Å². The van der Waals surface area contributed by atoms with Crippen LogP contribution in [0.3, 0.4) is 0 Å². The lowest BCUT2D eigenvalue weighted by atomic mass is 10.2. The first-order chi connectivity index (χ1) is 10.6. The molecule has 0 unspecified atom stereocenters. The molecule has 0 atom stereocenters. The van der Waals surface area contributed by atoms with Gasteiger partial charge in [0.25, 0.3) is 5.91 Å². The Morgan fingerprint density at radius 2 is 1.45 bits per heavy atom. The molecule has 0 aliphatic carbocycles. The summed E-state index contributed by atoms with van der Waals surface area (Å²) in [7, 11) is -3.58. The SMILES string of the molecule is O=C(c1ccccc1S(=O)(=O)N1CCCCC1)N1CCCC1. The zero-order valence-electron chi connectivity index (χ0n) is 12.7. The molecular formula is C16H22N2O3S. The quantitative estimate of drug-likeness (QED) is 0.856. The first-order valence-corrected chi connectivity index (χ1v) is 9.43. The van der Waals surface area contributed by atoms with Crippen LogP contribution >= 0.6 is 0 Å². The molecule has 2 fully saturated rings. The molecule has 2 saturated heterocycles. The summed E-state index contributed by atoms with van der Waals surface area (Å²) in [5.74, 6) is -0.159. The van der Waals surface area contributed by atoms with Gasteiger partial charge < -0.3 is 4.90 Å². The van der Waals surface area contributed by atoms with Crippen LogP contribution in [0.4, 0.5) is 0 Å². The van der Waals surface area contributed by atoms with Gasteiger partial charge in [0.2, 0.25) is 10.0 Å². The van der Waals surface area contributed by atoms with Gasteiger partial charge >= 0.3 is 0 Å². The van der Waals surface area contributed by atoms with Crippen molar-refractivity contribution in [1.82, 2.24) is 9.21 Å². The van der Waals surface area contributed by atoms with Gasteiger partial charge in [0.05, 0.1) is 10.5 Å². The number of benzene rings is 1. The summed E-state index contributed by atoms with van der Waals surface area (Å²) >= 11 is 0. The Morgan fingerprint density at radius 3 is 2.14 bits per heavy atom. The minimum atomic E-state index is -3.58. The monoisotopic (exact) mass is 322 g/mol. The summed E-state index contributed by atoms with van der Waals surface area (Å²) in [5, 5.41) is 0. The molecule has 2 heterocycles. The highest BCUT2D eigenvalue weighted by atomic mass is 32.2. The fourth-order valence-corrected chi connectivity index (χ4v) is 4.90. The number of likely N-dealkylation sites (tertiary alicyclic amines) is 1. The highest BCUT2D eigenvalue weighted by Gasteiger charge is 2.31. The van der Waals surface area contributed by atoms with Crippen molar-refractivity contribution in [2.24, 2.45) is 0 Å². The van der Waals surface area contributed by atoms with Crippen molar-refractivity contribution in [2.45, 2.75) is 37.0 Å². The number of amides is 1. The normalized spacial score (nSPS) is 20.3. The van der Waals surface area contributed by atoms with Gasteiger partial charge in [-0.25, -0.2) is 8.42 Å². The number of hydrogen-bond acceptors (Lipinski definition) is 3. The molecule has 0 N–H and O–H groups in total. The van der Waals surface area contributed by atoms with Crippen LogP contribution < -0.4 is 0 Å². The predicted molar refractivity (Wildman–Crippen MR) is 84.2 cm³/mol. The van der Waals surface area contributed by atoms with Crippen molar-refractivity contribution in [2.75, 3.05) is 26.2 Å². The fraction of sp³-hybridized carbons (Fsp3) is 0.562. The summed E-state index contributed by atoms with van der Waals surface area (Å²) in [6.45, 7) is 2.54. The van der Waals surface area contributed by atoms with Crippen LogP contribution in [0.15, 0.2) is 29.2 Å². The third-order valence-electron chi connectivity index (χ3n) is 4.44. The minimum Gasteiger partial charge on any atom is -0.339 e. The van der Waals surface area contributed by atoms with E-state index in [9.17, 15) is 13.2 Å². The summed E-state index contributed by atoms with van der Waals surface area (Å²) in [6, 6.07) is 6.63. The first-order valence-electron chi connectivity index (χ1n) is 7.99. The molecule has 1 aromatic carbocycles. The van der Waals surface area contributed by atoms with Crippen LogP contribution in [0.1, 0.15) is 42.5 Å². The highest BCUT2D eigenvalue weighted by molar-refractivity contribution is 7.89. The van der Waals surface area contributed by atoms with E-state index >= 15 is 0 Å². The summed E-state index contributed by atoms with van der Waals surface area (Å²) in [6.07, 6.45) is 4.84. The van der Waals surface area contributed by atoms with Gasteiger partial charge in [0, 0.05) is 26.2 Å². The molecule has 22 heavy (non-hydrogen) atoms. The number of carbonyl (C=O) groups is 1. The van der Waals surface area contributed by atoms with Crippen LogP contribution in [0.2, 0.25) is 0 Å². The lowest BCUT2D eigenvalue weighted by Gasteiger charge is -2.27. The molecular weight excluding hydrogens is 300 g/mol. The van der Waals surface area contributed by atoms with E-state index in [0.717, 1.165) is 45.2 Å². The number of hydrogen-bond donors (Lipinski definition) is 0. The van der Waals surface area contributed by atoms with E-state index in [-0.39, 0.29) is 10.8 Å². The zero-order chi connectivity index (χ0) is 15.6. The van der Waals surface area contributed by atoms with Gasteiger partial charge in [-0.05, 0) is 37.8 Å². The van der Waals surface area contributed by atoms with E-state index in [4.69, 9.17) is 0 Å². The van der Waals surface area contributed by atoms with Crippen LogP contribution in [0.25, 0.3) is 0 Å². The summed E-state index contributed by atoms with van der Waals surface area (Å²) < 4.78 is 27.3. The molecule has 0 saturated carbocycles. The smallest absolute Gasteiger partial charge is 0.255 e. The van der Waals surface area contributed by atoms with Crippen molar-refractivity contribution < 1.29 is 13.2 Å². The van der Waals surface area contributed by atoms with E-state index in [1.54, 1.807) is 29.2 Å². The molecule has 120 valence electrons. The molecule has 6 heteroatoms. The Labute approximate surface area is 132 Å². The lowest BCUT2D eigenvalue weighted by molar-refractivity contribution is 0.0789. The van der Waals surface area contributed by atoms with Crippen molar-refractivity contribution in [3.05, 3.63) is 29.8 Å². The van der Waals surface area contributed by atoms with Gasteiger partial charge in [-0.15, -0.1) is 0 Å². The molecule has 0 spiro atoms. The number of carbonyl (C=O) groups excluding carboxylic acids is 1. The average Bonchev–Trinajstić information content (AvgIpc) is 3.09. The van der Waals surface area contributed by atoms with Crippen molar-refractivity contribution in [3.63, 3.8) is 0 Å². The Balaban J connectivity index is 1.94. The zero-order valence-corrected chi connectivity index (χ0v) is 13.5. The number of sulfonamides is 1. The average molecular weight is 322 g/mol. The molecule has 3 rings (SSSR count). The Hall–Kier alpha value is -1.40.